The van der Waals surface area contributed by atoms with Crippen LogP contribution in [0.25, 0.3) is 5.69 Å². The summed E-state index contributed by atoms with van der Waals surface area (Å²) in [4.78, 5) is 2.19. The van der Waals surface area contributed by atoms with E-state index in [1.165, 1.54) is 0 Å². The molecule has 1 aromatic carbocycles. The molecule has 9 heteroatoms. The number of anilines is 1. The Morgan fingerprint density at radius 2 is 1.84 bits per heavy atom. The van der Waals surface area contributed by atoms with Gasteiger partial charge in [-0.3, -0.25) is 0 Å². The highest BCUT2D eigenvalue weighted by atomic mass is 16.3. The molecule has 9 nitrogen and oxygen atoms in total. The zero-order valence-electron chi connectivity index (χ0n) is 14.0. The van der Waals surface area contributed by atoms with Crippen molar-refractivity contribution in [2.75, 3.05) is 18.0 Å². The molecule has 25 heavy (non-hydrogen) atoms. The fraction of sp³-hybridized carbons (Fsp3) is 0.438. The SMILES string of the molecule is CC(O)c1cn(C2CCN(c3nnnn3-c3ccccc3)CC2)nn1. The van der Waals surface area contributed by atoms with Crippen molar-refractivity contribution in [1.29, 1.82) is 0 Å². The molecule has 0 radical (unpaired) electrons. The van der Waals surface area contributed by atoms with Gasteiger partial charge in [0.2, 0.25) is 5.95 Å². The van der Waals surface area contributed by atoms with Crippen LogP contribution in [0, 0.1) is 0 Å². The van der Waals surface area contributed by atoms with Crippen molar-refractivity contribution >= 4 is 5.95 Å². The van der Waals surface area contributed by atoms with E-state index in [9.17, 15) is 5.11 Å². The molecule has 0 bridgehead atoms. The van der Waals surface area contributed by atoms with E-state index in [1.54, 1.807) is 11.6 Å². The summed E-state index contributed by atoms with van der Waals surface area (Å²) in [7, 11) is 0. The molecule has 0 saturated carbocycles. The molecule has 1 N–H and O–H groups in total. The predicted octanol–water partition coefficient (Wildman–Crippen LogP) is 1.15. The maximum Gasteiger partial charge on any atom is 0.250 e. The summed E-state index contributed by atoms with van der Waals surface area (Å²) >= 11 is 0. The first kappa shape index (κ1) is 15.7. The van der Waals surface area contributed by atoms with Gasteiger partial charge in [0, 0.05) is 13.1 Å². The smallest absolute Gasteiger partial charge is 0.250 e. The molecule has 130 valence electrons. The lowest BCUT2D eigenvalue weighted by molar-refractivity contribution is 0.194. The maximum absolute atomic E-state index is 9.59. The summed E-state index contributed by atoms with van der Waals surface area (Å²) in [5.41, 5.74) is 1.55. The monoisotopic (exact) mass is 340 g/mol. The molecule has 1 saturated heterocycles. The number of aromatic nitrogens is 7. The summed E-state index contributed by atoms with van der Waals surface area (Å²) in [6.07, 6.45) is 3.08. The van der Waals surface area contributed by atoms with Crippen LogP contribution in [0.1, 0.15) is 37.6 Å². The molecule has 1 aliphatic heterocycles. The van der Waals surface area contributed by atoms with Crippen LogP contribution in [0.2, 0.25) is 0 Å². The second kappa shape index (κ2) is 6.60. The molecule has 0 spiro atoms. The average Bonchev–Trinajstić information content (AvgIpc) is 3.32. The number of tetrazole rings is 1. The first-order valence-electron chi connectivity index (χ1n) is 8.41. The van der Waals surface area contributed by atoms with Crippen LogP contribution in [0.15, 0.2) is 36.5 Å². The minimum Gasteiger partial charge on any atom is -0.387 e. The highest BCUT2D eigenvalue weighted by molar-refractivity contribution is 5.40. The first-order valence-corrected chi connectivity index (χ1v) is 8.41. The van der Waals surface area contributed by atoms with Crippen LogP contribution in [-0.2, 0) is 0 Å². The summed E-state index contributed by atoms with van der Waals surface area (Å²) in [5.74, 6) is 0.757. The summed E-state index contributed by atoms with van der Waals surface area (Å²) < 4.78 is 3.63. The van der Waals surface area contributed by atoms with Crippen molar-refractivity contribution in [3.05, 3.63) is 42.2 Å². The van der Waals surface area contributed by atoms with Gasteiger partial charge in [-0.1, -0.05) is 28.5 Å². The quantitative estimate of drug-likeness (QED) is 0.760. The molecule has 3 heterocycles. The molecule has 1 unspecified atom stereocenters. The Bertz CT molecular complexity index is 820. The number of rotatable bonds is 4. The number of nitrogens with zero attached hydrogens (tertiary/aromatic N) is 8. The zero-order valence-corrected chi connectivity index (χ0v) is 14.0. The van der Waals surface area contributed by atoms with E-state index in [4.69, 9.17) is 0 Å². The van der Waals surface area contributed by atoms with Crippen molar-refractivity contribution < 1.29 is 5.11 Å². The second-order valence-corrected chi connectivity index (χ2v) is 6.24. The number of hydrogen-bond acceptors (Lipinski definition) is 7. The van der Waals surface area contributed by atoms with Crippen LogP contribution in [0.4, 0.5) is 5.95 Å². The normalized spacial score (nSPS) is 17.0. The van der Waals surface area contributed by atoms with E-state index in [-0.39, 0.29) is 6.04 Å². The zero-order chi connectivity index (χ0) is 17.2. The summed E-state index contributed by atoms with van der Waals surface area (Å²) in [6.45, 7) is 3.36. The van der Waals surface area contributed by atoms with Crippen molar-refractivity contribution in [2.24, 2.45) is 0 Å². The highest BCUT2D eigenvalue weighted by Crippen LogP contribution is 2.26. The molecular formula is C16H20N8O. The first-order chi connectivity index (χ1) is 12.2. The molecule has 3 aromatic rings. The van der Waals surface area contributed by atoms with Crippen molar-refractivity contribution in [3.8, 4) is 5.69 Å². The number of hydrogen-bond donors (Lipinski definition) is 1. The molecule has 4 rings (SSSR count). The Hall–Kier alpha value is -2.81. The van der Waals surface area contributed by atoms with Crippen LogP contribution >= 0.6 is 0 Å². The third kappa shape index (κ3) is 3.10. The largest absolute Gasteiger partial charge is 0.387 e. The predicted molar refractivity (Wildman–Crippen MR) is 90.3 cm³/mol. The third-order valence-corrected chi connectivity index (χ3v) is 4.53. The lowest BCUT2D eigenvalue weighted by atomic mass is 10.1. The molecule has 1 fully saturated rings. The Morgan fingerprint density at radius 3 is 2.52 bits per heavy atom. The third-order valence-electron chi connectivity index (χ3n) is 4.53. The molecule has 2 aromatic heterocycles. The van der Waals surface area contributed by atoms with Crippen LogP contribution < -0.4 is 4.90 Å². The van der Waals surface area contributed by atoms with Gasteiger partial charge in [0.1, 0.15) is 5.69 Å². The van der Waals surface area contributed by atoms with Gasteiger partial charge in [-0.15, -0.1) is 5.10 Å². The van der Waals surface area contributed by atoms with Gasteiger partial charge in [0.05, 0.1) is 24.0 Å². The van der Waals surface area contributed by atoms with Crippen molar-refractivity contribution in [2.45, 2.75) is 31.9 Å². The number of piperidine rings is 1. The highest BCUT2D eigenvalue weighted by Gasteiger charge is 2.25. The Kier molecular flexibility index (Phi) is 4.14. The van der Waals surface area contributed by atoms with Gasteiger partial charge < -0.3 is 10.0 Å². The van der Waals surface area contributed by atoms with Gasteiger partial charge in [0.25, 0.3) is 0 Å². The molecular weight excluding hydrogens is 320 g/mol. The van der Waals surface area contributed by atoms with Crippen LogP contribution in [-0.4, -0.2) is 53.4 Å². The van der Waals surface area contributed by atoms with Gasteiger partial charge >= 0.3 is 0 Å². The van der Waals surface area contributed by atoms with Gasteiger partial charge in [-0.25, -0.2) is 4.68 Å². The Balaban J connectivity index is 1.47. The van der Waals surface area contributed by atoms with Crippen LogP contribution in [0.5, 0.6) is 0 Å². The second-order valence-electron chi connectivity index (χ2n) is 6.24. The fourth-order valence-corrected chi connectivity index (χ4v) is 3.11. The fourth-order valence-electron chi connectivity index (χ4n) is 3.11. The molecule has 1 aliphatic rings. The number of benzene rings is 1. The molecule has 1 atom stereocenters. The summed E-state index contributed by atoms with van der Waals surface area (Å²) in [5, 5.41) is 29.9. The van der Waals surface area contributed by atoms with Crippen LogP contribution in [0.3, 0.4) is 0 Å². The van der Waals surface area contributed by atoms with Gasteiger partial charge in [-0.2, -0.15) is 4.68 Å². The van der Waals surface area contributed by atoms with E-state index in [0.29, 0.717) is 5.69 Å². The summed E-state index contributed by atoms with van der Waals surface area (Å²) in [6, 6.07) is 10.2. The van der Waals surface area contributed by atoms with Crippen molar-refractivity contribution in [3.63, 3.8) is 0 Å². The van der Waals surface area contributed by atoms with E-state index in [0.717, 1.165) is 37.6 Å². The number of para-hydroxylation sites is 1. The maximum atomic E-state index is 9.59. The lowest BCUT2D eigenvalue weighted by Gasteiger charge is -2.31. The molecule has 0 aliphatic carbocycles. The van der Waals surface area contributed by atoms with Crippen molar-refractivity contribution in [1.82, 2.24) is 35.2 Å². The minimum absolute atomic E-state index is 0.275. The molecule has 0 amide bonds. The van der Waals surface area contributed by atoms with Gasteiger partial charge in [-0.05, 0) is 42.3 Å². The Labute approximate surface area is 144 Å². The Morgan fingerprint density at radius 1 is 1.08 bits per heavy atom. The standard InChI is InChI=1S/C16H20N8O/c1-12(25)15-11-23(20-17-15)13-7-9-22(10-8-13)16-18-19-21-24(16)14-5-3-2-4-6-14/h2-6,11-13,25H,7-10H2,1H3. The van der Waals surface area contributed by atoms with Gasteiger partial charge in [0.15, 0.2) is 0 Å². The number of aliphatic hydroxyl groups is 1. The lowest BCUT2D eigenvalue weighted by Crippen LogP contribution is -2.36. The van der Waals surface area contributed by atoms with E-state index in [1.807, 2.05) is 41.2 Å². The van der Waals surface area contributed by atoms with E-state index in [2.05, 4.69) is 30.7 Å². The van der Waals surface area contributed by atoms with E-state index < -0.39 is 6.10 Å². The topological polar surface area (TPSA) is 97.8 Å². The average molecular weight is 340 g/mol. The van der Waals surface area contributed by atoms with E-state index >= 15 is 0 Å². The minimum atomic E-state index is -0.593. The number of aliphatic hydroxyl groups excluding tert-OH is 1.